The van der Waals surface area contributed by atoms with Crippen LogP contribution in [0, 0.1) is 0 Å². The van der Waals surface area contributed by atoms with Gasteiger partial charge in [-0.05, 0) is 61.4 Å². The molecule has 6 nitrogen and oxygen atoms in total. The number of para-hydroxylation sites is 1. The second kappa shape index (κ2) is 11.0. The molecule has 4 rings (SSSR count). The number of amides is 1. The Hall–Kier alpha value is -3.29. The van der Waals surface area contributed by atoms with Gasteiger partial charge in [-0.2, -0.15) is 0 Å². The van der Waals surface area contributed by atoms with Gasteiger partial charge in [-0.3, -0.25) is 14.2 Å². The number of hydrogen-bond acceptors (Lipinski definition) is 4. The van der Waals surface area contributed by atoms with Crippen LogP contribution in [0.25, 0.3) is 16.6 Å². The van der Waals surface area contributed by atoms with Crippen LogP contribution in [-0.4, -0.2) is 40.6 Å². The van der Waals surface area contributed by atoms with Gasteiger partial charge in [0.1, 0.15) is 5.82 Å². The van der Waals surface area contributed by atoms with E-state index in [9.17, 15) is 9.59 Å². The maximum absolute atomic E-state index is 13.7. The lowest BCUT2D eigenvalue weighted by molar-refractivity contribution is 0.0605. The highest BCUT2D eigenvalue weighted by molar-refractivity contribution is 9.10. The number of nitrogens with zero attached hydrogens (tertiary/aromatic N) is 3. The van der Waals surface area contributed by atoms with E-state index in [1.165, 1.54) is 5.56 Å². The minimum Gasteiger partial charge on any atom is -0.383 e. The summed E-state index contributed by atoms with van der Waals surface area (Å²) in [6.07, 6.45) is 0.903. The van der Waals surface area contributed by atoms with Crippen molar-refractivity contribution < 1.29 is 9.53 Å². The van der Waals surface area contributed by atoms with Crippen LogP contribution in [0.5, 0.6) is 0 Å². The van der Waals surface area contributed by atoms with Gasteiger partial charge in [-0.1, -0.05) is 53.2 Å². The maximum Gasteiger partial charge on any atom is 0.266 e. The molecule has 1 heterocycles. The second-order valence-corrected chi connectivity index (χ2v) is 9.24. The van der Waals surface area contributed by atoms with Crippen molar-refractivity contribution >= 4 is 32.7 Å². The number of aryl methyl sites for hydroxylation is 1. The summed E-state index contributed by atoms with van der Waals surface area (Å²) >= 11 is 3.45. The lowest BCUT2D eigenvalue weighted by Gasteiger charge is -2.30. The molecule has 1 amide bonds. The van der Waals surface area contributed by atoms with E-state index in [0.717, 1.165) is 10.9 Å². The van der Waals surface area contributed by atoms with Crippen molar-refractivity contribution in [3.63, 3.8) is 0 Å². The van der Waals surface area contributed by atoms with Crippen molar-refractivity contribution in [3.05, 3.63) is 105 Å². The Balaban J connectivity index is 1.89. The number of aromatic nitrogens is 2. The molecule has 7 heteroatoms. The van der Waals surface area contributed by atoms with Crippen LogP contribution in [0.15, 0.2) is 82.1 Å². The van der Waals surface area contributed by atoms with E-state index in [1.54, 1.807) is 34.8 Å². The molecular formula is C28H28BrN3O3. The van der Waals surface area contributed by atoms with Crippen LogP contribution in [0.3, 0.4) is 0 Å². The third-order valence-electron chi connectivity index (χ3n) is 6.11. The summed E-state index contributed by atoms with van der Waals surface area (Å²) < 4.78 is 7.75. The number of rotatable bonds is 8. The van der Waals surface area contributed by atoms with E-state index in [4.69, 9.17) is 9.72 Å². The molecular weight excluding hydrogens is 506 g/mol. The van der Waals surface area contributed by atoms with Crippen molar-refractivity contribution in [2.45, 2.75) is 26.3 Å². The summed E-state index contributed by atoms with van der Waals surface area (Å²) in [5.41, 5.74) is 2.88. The number of carbonyl (C=O) groups is 1. The van der Waals surface area contributed by atoms with E-state index in [2.05, 4.69) is 22.9 Å². The first-order valence-corrected chi connectivity index (χ1v) is 12.4. The zero-order valence-electron chi connectivity index (χ0n) is 20.1. The van der Waals surface area contributed by atoms with Crippen LogP contribution in [0.2, 0.25) is 0 Å². The Bertz CT molecular complexity index is 1400. The number of benzene rings is 3. The molecule has 0 saturated heterocycles. The van der Waals surface area contributed by atoms with Crippen LogP contribution in [0.1, 0.15) is 41.6 Å². The van der Waals surface area contributed by atoms with Crippen molar-refractivity contribution in [1.82, 2.24) is 14.5 Å². The van der Waals surface area contributed by atoms with Gasteiger partial charge < -0.3 is 9.64 Å². The van der Waals surface area contributed by atoms with E-state index < -0.39 is 6.04 Å². The average molecular weight is 534 g/mol. The fraction of sp³-hybridized carbons (Fsp3) is 0.250. The first-order chi connectivity index (χ1) is 16.9. The average Bonchev–Trinajstić information content (AvgIpc) is 2.88. The van der Waals surface area contributed by atoms with Gasteiger partial charge in [0.05, 0.1) is 29.2 Å². The zero-order valence-corrected chi connectivity index (χ0v) is 21.7. The van der Waals surface area contributed by atoms with Crippen LogP contribution in [0.4, 0.5) is 0 Å². The lowest BCUT2D eigenvalue weighted by atomic mass is 10.1. The SMILES string of the molecule is CCc1ccc(-n2c(C(C)N(CCOC)C(=O)c3cccc(Br)c3)nc3ccccc3c2=O)cc1. The lowest BCUT2D eigenvalue weighted by Crippen LogP contribution is -2.39. The molecule has 0 fully saturated rings. The van der Waals surface area contributed by atoms with Crippen LogP contribution in [-0.2, 0) is 11.2 Å². The number of carbonyl (C=O) groups excluding carboxylic acids is 1. The molecule has 0 radical (unpaired) electrons. The highest BCUT2D eigenvalue weighted by Crippen LogP contribution is 2.25. The molecule has 180 valence electrons. The van der Waals surface area contributed by atoms with E-state index in [-0.39, 0.29) is 11.5 Å². The number of fused-ring (bicyclic) bond motifs is 1. The van der Waals surface area contributed by atoms with Gasteiger partial charge in [-0.15, -0.1) is 0 Å². The van der Waals surface area contributed by atoms with Gasteiger partial charge in [0.15, 0.2) is 0 Å². The summed E-state index contributed by atoms with van der Waals surface area (Å²) in [7, 11) is 1.60. The summed E-state index contributed by atoms with van der Waals surface area (Å²) in [5, 5.41) is 0.532. The standard InChI is InChI=1S/C28H28BrN3O3/c1-4-20-12-14-23(15-13-20)32-26(30-25-11-6-5-10-24(25)28(32)34)19(2)31(16-17-35-3)27(33)21-8-7-9-22(29)18-21/h5-15,18-19H,4,16-17H2,1-3H3. The minimum atomic E-state index is -0.500. The molecule has 0 aliphatic heterocycles. The fourth-order valence-electron chi connectivity index (χ4n) is 4.15. The molecule has 1 unspecified atom stereocenters. The second-order valence-electron chi connectivity index (χ2n) is 8.33. The molecule has 0 N–H and O–H groups in total. The third kappa shape index (κ3) is 5.21. The Morgan fingerprint density at radius 2 is 1.83 bits per heavy atom. The maximum atomic E-state index is 13.7. The Morgan fingerprint density at radius 1 is 1.09 bits per heavy atom. The van der Waals surface area contributed by atoms with Crippen molar-refractivity contribution in [3.8, 4) is 5.69 Å². The highest BCUT2D eigenvalue weighted by Gasteiger charge is 2.27. The first kappa shape index (κ1) is 24.8. The van der Waals surface area contributed by atoms with Crippen molar-refractivity contribution in [2.24, 2.45) is 0 Å². The van der Waals surface area contributed by atoms with Crippen LogP contribution < -0.4 is 5.56 Å². The van der Waals surface area contributed by atoms with Gasteiger partial charge in [0.2, 0.25) is 0 Å². The molecule has 0 spiro atoms. The topological polar surface area (TPSA) is 64.4 Å². The molecule has 3 aromatic carbocycles. The first-order valence-electron chi connectivity index (χ1n) is 11.6. The summed E-state index contributed by atoms with van der Waals surface area (Å²) in [6, 6.07) is 22.0. The highest BCUT2D eigenvalue weighted by atomic mass is 79.9. The summed E-state index contributed by atoms with van der Waals surface area (Å²) in [5.74, 6) is 0.337. The number of methoxy groups -OCH3 is 1. The minimum absolute atomic E-state index is 0.161. The molecule has 1 atom stereocenters. The number of halogens is 1. The van der Waals surface area contributed by atoms with E-state index >= 15 is 0 Å². The predicted molar refractivity (Wildman–Crippen MR) is 142 cm³/mol. The third-order valence-corrected chi connectivity index (χ3v) is 6.61. The van der Waals surface area contributed by atoms with Crippen molar-refractivity contribution in [1.29, 1.82) is 0 Å². The Kier molecular flexibility index (Phi) is 7.78. The zero-order chi connectivity index (χ0) is 24.9. The predicted octanol–water partition coefficient (Wildman–Crippen LogP) is 5.56. The molecule has 4 aromatic rings. The van der Waals surface area contributed by atoms with Gasteiger partial charge in [0.25, 0.3) is 11.5 Å². The molecule has 0 aliphatic carbocycles. The molecule has 1 aromatic heterocycles. The normalized spacial score (nSPS) is 12.0. The van der Waals surface area contributed by atoms with Gasteiger partial charge in [-0.25, -0.2) is 4.98 Å². The van der Waals surface area contributed by atoms with Gasteiger partial charge >= 0.3 is 0 Å². The smallest absolute Gasteiger partial charge is 0.266 e. The summed E-state index contributed by atoms with van der Waals surface area (Å²) in [4.78, 5) is 34.0. The Labute approximate surface area is 213 Å². The molecule has 0 saturated carbocycles. The van der Waals surface area contributed by atoms with Gasteiger partial charge in [0, 0.05) is 23.7 Å². The fourth-order valence-corrected chi connectivity index (χ4v) is 4.55. The number of hydrogen-bond donors (Lipinski definition) is 0. The monoisotopic (exact) mass is 533 g/mol. The van der Waals surface area contributed by atoms with Crippen molar-refractivity contribution in [2.75, 3.05) is 20.3 Å². The van der Waals surface area contributed by atoms with E-state index in [0.29, 0.717) is 41.1 Å². The Morgan fingerprint density at radius 3 is 2.51 bits per heavy atom. The largest absolute Gasteiger partial charge is 0.383 e. The molecule has 35 heavy (non-hydrogen) atoms. The molecule has 0 aliphatic rings. The van der Waals surface area contributed by atoms with Crippen LogP contribution >= 0.6 is 15.9 Å². The summed E-state index contributed by atoms with van der Waals surface area (Å²) in [6.45, 7) is 4.69. The quantitative estimate of drug-likeness (QED) is 0.297. The van der Waals surface area contributed by atoms with E-state index in [1.807, 2.05) is 61.5 Å². The molecule has 0 bridgehead atoms. The number of ether oxygens (including phenoxy) is 1.